The Morgan fingerprint density at radius 3 is 2.37 bits per heavy atom. The molecule has 0 spiro atoms. The molecule has 2 aromatic rings. The molecule has 0 fully saturated rings. The van der Waals surface area contributed by atoms with Gasteiger partial charge in [-0.2, -0.15) is 0 Å². The van der Waals surface area contributed by atoms with Crippen LogP contribution in [0.4, 0.5) is 5.69 Å². The van der Waals surface area contributed by atoms with E-state index in [4.69, 9.17) is 11.6 Å². The summed E-state index contributed by atoms with van der Waals surface area (Å²) in [4.78, 5) is 13.6. The van der Waals surface area contributed by atoms with Crippen LogP contribution in [-0.4, -0.2) is 13.0 Å². The predicted molar refractivity (Wildman–Crippen MR) is 80.3 cm³/mol. The number of rotatable bonds is 3. The Morgan fingerprint density at radius 2 is 1.68 bits per heavy atom. The molecule has 2 nitrogen and oxygen atoms in total. The highest BCUT2D eigenvalue weighted by Crippen LogP contribution is 2.24. The minimum atomic E-state index is -0.114. The van der Waals surface area contributed by atoms with Crippen LogP contribution in [0, 0.1) is 0 Å². The Morgan fingerprint density at radius 1 is 1.05 bits per heavy atom. The first-order valence-electron chi connectivity index (χ1n) is 5.94. The minimum absolute atomic E-state index is 0.114. The molecule has 2 aromatic carbocycles. The van der Waals surface area contributed by atoms with E-state index >= 15 is 0 Å². The third-order valence-corrected chi connectivity index (χ3v) is 3.08. The average Bonchev–Trinajstić information content (AvgIpc) is 2.45. The van der Waals surface area contributed by atoms with Crippen LogP contribution in [0.3, 0.4) is 0 Å². The van der Waals surface area contributed by atoms with Gasteiger partial charge in [0, 0.05) is 13.1 Å². The van der Waals surface area contributed by atoms with Gasteiger partial charge in [0.1, 0.15) is 0 Å². The first-order chi connectivity index (χ1) is 9.18. The van der Waals surface area contributed by atoms with Gasteiger partial charge in [-0.25, -0.2) is 0 Å². The maximum atomic E-state index is 12.0. The summed E-state index contributed by atoms with van der Waals surface area (Å²) in [5.41, 5.74) is 1.69. The van der Waals surface area contributed by atoms with E-state index in [2.05, 4.69) is 0 Å². The fourth-order valence-electron chi connectivity index (χ4n) is 1.69. The average molecular weight is 272 g/mol. The standard InChI is InChI=1S/C16H14ClNO/c1-18(15-10-6-5-9-14(15)17)16(19)12-11-13-7-3-2-4-8-13/h2-12H,1H3/b12-11+. The normalized spacial score (nSPS) is 10.6. The van der Waals surface area contributed by atoms with E-state index < -0.39 is 0 Å². The molecule has 0 N–H and O–H groups in total. The van der Waals surface area contributed by atoms with Crippen molar-refractivity contribution in [2.75, 3.05) is 11.9 Å². The number of para-hydroxylation sites is 1. The van der Waals surface area contributed by atoms with Crippen LogP contribution in [0.1, 0.15) is 5.56 Å². The van der Waals surface area contributed by atoms with E-state index in [1.165, 1.54) is 4.90 Å². The van der Waals surface area contributed by atoms with E-state index in [1.54, 1.807) is 25.3 Å². The van der Waals surface area contributed by atoms with Gasteiger partial charge in [0.15, 0.2) is 0 Å². The van der Waals surface area contributed by atoms with E-state index in [-0.39, 0.29) is 5.91 Å². The summed E-state index contributed by atoms with van der Waals surface area (Å²) in [6.45, 7) is 0. The van der Waals surface area contributed by atoms with Crippen molar-refractivity contribution in [2.45, 2.75) is 0 Å². The molecule has 0 saturated heterocycles. The number of hydrogen-bond acceptors (Lipinski definition) is 1. The lowest BCUT2D eigenvalue weighted by Gasteiger charge is -2.16. The van der Waals surface area contributed by atoms with Crippen molar-refractivity contribution >= 4 is 29.3 Å². The Kier molecular flexibility index (Phi) is 4.37. The minimum Gasteiger partial charge on any atom is -0.310 e. The fourth-order valence-corrected chi connectivity index (χ4v) is 1.95. The molecule has 0 radical (unpaired) electrons. The smallest absolute Gasteiger partial charge is 0.250 e. The zero-order chi connectivity index (χ0) is 13.7. The van der Waals surface area contributed by atoms with Gasteiger partial charge in [-0.1, -0.05) is 54.1 Å². The molecule has 1 amide bonds. The molecule has 96 valence electrons. The highest BCUT2D eigenvalue weighted by atomic mass is 35.5. The molecular weight excluding hydrogens is 258 g/mol. The van der Waals surface area contributed by atoms with E-state index in [0.29, 0.717) is 10.7 Å². The van der Waals surface area contributed by atoms with Crippen LogP contribution in [0.5, 0.6) is 0 Å². The summed E-state index contributed by atoms with van der Waals surface area (Å²) < 4.78 is 0. The van der Waals surface area contributed by atoms with Gasteiger partial charge in [0.2, 0.25) is 0 Å². The number of carbonyl (C=O) groups is 1. The fraction of sp³-hybridized carbons (Fsp3) is 0.0625. The van der Waals surface area contributed by atoms with Gasteiger partial charge in [0.05, 0.1) is 10.7 Å². The summed E-state index contributed by atoms with van der Waals surface area (Å²) in [5.74, 6) is -0.114. The molecular formula is C16H14ClNO. The third-order valence-electron chi connectivity index (χ3n) is 2.76. The third kappa shape index (κ3) is 3.46. The topological polar surface area (TPSA) is 20.3 Å². The number of likely N-dealkylation sites (N-methyl/N-ethyl adjacent to an activating group) is 1. The number of halogens is 1. The number of anilines is 1. The lowest BCUT2D eigenvalue weighted by Crippen LogP contribution is -2.24. The van der Waals surface area contributed by atoms with Crippen molar-refractivity contribution in [1.82, 2.24) is 0 Å². The van der Waals surface area contributed by atoms with Gasteiger partial charge < -0.3 is 4.90 Å². The quantitative estimate of drug-likeness (QED) is 0.772. The summed E-state index contributed by atoms with van der Waals surface area (Å²) >= 11 is 6.06. The van der Waals surface area contributed by atoms with Crippen molar-refractivity contribution in [3.8, 4) is 0 Å². The van der Waals surface area contributed by atoms with Crippen LogP contribution < -0.4 is 4.90 Å². The summed E-state index contributed by atoms with van der Waals surface area (Å²) in [7, 11) is 1.71. The molecule has 19 heavy (non-hydrogen) atoms. The highest BCUT2D eigenvalue weighted by Gasteiger charge is 2.10. The Hall–Kier alpha value is -2.06. The Bertz CT molecular complexity index is 593. The first-order valence-corrected chi connectivity index (χ1v) is 6.31. The number of carbonyl (C=O) groups excluding carboxylic acids is 1. The van der Waals surface area contributed by atoms with Gasteiger partial charge in [0.25, 0.3) is 5.91 Å². The van der Waals surface area contributed by atoms with E-state index in [0.717, 1.165) is 5.56 Å². The molecule has 0 heterocycles. The second kappa shape index (κ2) is 6.21. The van der Waals surface area contributed by atoms with Crippen LogP contribution >= 0.6 is 11.6 Å². The van der Waals surface area contributed by atoms with Crippen molar-refractivity contribution in [3.63, 3.8) is 0 Å². The van der Waals surface area contributed by atoms with Gasteiger partial charge in [-0.05, 0) is 23.8 Å². The van der Waals surface area contributed by atoms with Crippen molar-refractivity contribution in [3.05, 3.63) is 71.3 Å². The van der Waals surface area contributed by atoms with Crippen LogP contribution in [-0.2, 0) is 4.79 Å². The summed E-state index contributed by atoms with van der Waals surface area (Å²) in [5, 5.41) is 0.562. The zero-order valence-corrected chi connectivity index (χ0v) is 11.3. The maximum Gasteiger partial charge on any atom is 0.250 e. The lowest BCUT2D eigenvalue weighted by atomic mass is 10.2. The number of nitrogens with zero attached hydrogens (tertiary/aromatic N) is 1. The van der Waals surface area contributed by atoms with Crippen LogP contribution in [0.25, 0.3) is 6.08 Å². The molecule has 0 bridgehead atoms. The summed E-state index contributed by atoms with van der Waals surface area (Å²) in [6.07, 6.45) is 3.33. The van der Waals surface area contributed by atoms with Crippen molar-refractivity contribution in [2.24, 2.45) is 0 Å². The van der Waals surface area contributed by atoms with Crippen LogP contribution in [0.15, 0.2) is 60.7 Å². The van der Waals surface area contributed by atoms with Gasteiger partial charge in [-0.15, -0.1) is 0 Å². The molecule has 0 aliphatic heterocycles. The number of benzene rings is 2. The zero-order valence-electron chi connectivity index (χ0n) is 10.6. The molecule has 3 heteroatoms. The largest absolute Gasteiger partial charge is 0.310 e. The second-order valence-electron chi connectivity index (χ2n) is 4.09. The van der Waals surface area contributed by atoms with Gasteiger partial charge >= 0.3 is 0 Å². The lowest BCUT2D eigenvalue weighted by molar-refractivity contribution is -0.113. The molecule has 0 atom stereocenters. The first kappa shape index (κ1) is 13.4. The molecule has 2 rings (SSSR count). The van der Waals surface area contributed by atoms with Crippen molar-refractivity contribution < 1.29 is 4.79 Å². The second-order valence-corrected chi connectivity index (χ2v) is 4.50. The molecule has 0 aromatic heterocycles. The maximum absolute atomic E-state index is 12.0. The van der Waals surface area contributed by atoms with E-state index in [9.17, 15) is 4.79 Å². The molecule has 0 saturated carbocycles. The SMILES string of the molecule is CN(C(=O)/C=C/c1ccccc1)c1ccccc1Cl. The number of amides is 1. The van der Waals surface area contributed by atoms with Crippen LogP contribution in [0.2, 0.25) is 5.02 Å². The monoisotopic (exact) mass is 271 g/mol. The summed E-state index contributed by atoms with van der Waals surface area (Å²) in [6, 6.07) is 17.0. The Balaban J connectivity index is 2.13. The Labute approximate surface area is 117 Å². The number of hydrogen-bond donors (Lipinski definition) is 0. The predicted octanol–water partition coefficient (Wildman–Crippen LogP) is 4.02. The van der Waals surface area contributed by atoms with Gasteiger partial charge in [-0.3, -0.25) is 4.79 Å². The van der Waals surface area contributed by atoms with E-state index in [1.807, 2.05) is 48.5 Å². The highest BCUT2D eigenvalue weighted by molar-refractivity contribution is 6.34. The molecule has 0 unspecified atom stereocenters. The molecule has 0 aliphatic rings. The molecule has 0 aliphatic carbocycles. The van der Waals surface area contributed by atoms with Crippen molar-refractivity contribution in [1.29, 1.82) is 0 Å².